The number of nitrogens with one attached hydrogen (secondary N) is 1. The fourth-order valence-electron chi connectivity index (χ4n) is 4.52. The van der Waals surface area contributed by atoms with Crippen molar-refractivity contribution in [2.45, 2.75) is 31.8 Å². The zero-order chi connectivity index (χ0) is 24.4. The van der Waals surface area contributed by atoms with Crippen molar-refractivity contribution in [3.63, 3.8) is 0 Å². The van der Waals surface area contributed by atoms with Crippen LogP contribution >= 0.6 is 0 Å². The van der Waals surface area contributed by atoms with Gasteiger partial charge in [0.1, 0.15) is 12.6 Å². The molecule has 35 heavy (non-hydrogen) atoms. The number of carbonyl (C=O) groups excluding carboxylic acids is 1. The second-order valence-corrected chi connectivity index (χ2v) is 8.33. The van der Waals surface area contributed by atoms with Crippen molar-refractivity contribution >= 4 is 12.1 Å². The highest BCUT2D eigenvalue weighted by Gasteiger charge is 2.30. The standard InChI is InChI=1S/C27H25NO7/c1-2-32-27-34-23-12-11-16(14-24(23)35-27)13-22(25(29)30)28-26(31)33-15-21-19-9-5-3-7-17(19)18-8-4-6-10-20(18)21/h3-12,14,21-22,27H,2,13,15H2,1H3,(H,28,31)(H,29,30)/t22-,27?/m0/s1. The lowest BCUT2D eigenvalue weighted by molar-refractivity contribution is -0.173. The molecule has 8 nitrogen and oxygen atoms in total. The third-order valence-electron chi connectivity index (χ3n) is 6.13. The van der Waals surface area contributed by atoms with E-state index in [9.17, 15) is 14.7 Å². The number of benzene rings is 3. The van der Waals surface area contributed by atoms with Crippen LogP contribution in [0.2, 0.25) is 0 Å². The molecule has 0 radical (unpaired) electrons. The highest BCUT2D eigenvalue weighted by molar-refractivity contribution is 5.81. The molecule has 1 amide bonds. The zero-order valence-corrected chi connectivity index (χ0v) is 19.1. The van der Waals surface area contributed by atoms with Gasteiger partial charge in [0.25, 0.3) is 0 Å². The van der Waals surface area contributed by atoms with Crippen LogP contribution in [0.1, 0.15) is 29.5 Å². The first-order valence-corrected chi connectivity index (χ1v) is 11.5. The van der Waals surface area contributed by atoms with Crippen LogP contribution < -0.4 is 14.8 Å². The summed E-state index contributed by atoms with van der Waals surface area (Å²) in [5.74, 6) is -0.290. The van der Waals surface area contributed by atoms with Gasteiger partial charge >= 0.3 is 18.5 Å². The minimum atomic E-state index is -1.17. The summed E-state index contributed by atoms with van der Waals surface area (Å²) < 4.78 is 21.9. The maximum absolute atomic E-state index is 12.6. The molecule has 3 aromatic rings. The number of hydrogen-bond acceptors (Lipinski definition) is 6. The summed E-state index contributed by atoms with van der Waals surface area (Å²) in [7, 11) is 0. The molecule has 180 valence electrons. The summed E-state index contributed by atoms with van der Waals surface area (Å²) in [5, 5.41) is 12.2. The van der Waals surface area contributed by atoms with Crippen LogP contribution in [-0.4, -0.2) is 42.9 Å². The van der Waals surface area contributed by atoms with Crippen molar-refractivity contribution in [2.75, 3.05) is 13.2 Å². The Kier molecular flexibility index (Phi) is 6.29. The number of rotatable bonds is 8. The Morgan fingerprint density at radius 3 is 2.29 bits per heavy atom. The fraction of sp³-hybridized carbons (Fsp3) is 0.259. The summed E-state index contributed by atoms with van der Waals surface area (Å²) in [6.45, 7) is 1.54. The first-order chi connectivity index (χ1) is 17.0. The minimum absolute atomic E-state index is 0.0511. The molecule has 3 aromatic carbocycles. The van der Waals surface area contributed by atoms with Gasteiger partial charge in [0.05, 0.1) is 6.61 Å². The Bertz CT molecular complexity index is 1210. The van der Waals surface area contributed by atoms with Gasteiger partial charge in [-0.1, -0.05) is 54.6 Å². The van der Waals surface area contributed by atoms with Crippen LogP contribution in [0.5, 0.6) is 11.5 Å². The number of carboxylic acid groups (broad SMARTS) is 1. The van der Waals surface area contributed by atoms with Crippen LogP contribution in [0, 0.1) is 0 Å². The molecule has 0 saturated heterocycles. The van der Waals surface area contributed by atoms with E-state index >= 15 is 0 Å². The summed E-state index contributed by atoms with van der Waals surface area (Å²) in [5.41, 5.74) is 5.07. The molecular weight excluding hydrogens is 450 g/mol. The average molecular weight is 475 g/mol. The van der Waals surface area contributed by atoms with Crippen molar-refractivity contribution in [1.29, 1.82) is 0 Å². The van der Waals surface area contributed by atoms with E-state index in [1.54, 1.807) is 18.2 Å². The SMILES string of the molecule is CCOC1Oc2ccc(C[C@H](NC(=O)OCC3c4ccccc4-c4ccccc43)C(=O)O)cc2O1. The molecule has 2 aliphatic rings. The lowest BCUT2D eigenvalue weighted by atomic mass is 9.98. The number of ether oxygens (including phenoxy) is 4. The van der Waals surface area contributed by atoms with Gasteiger partial charge in [-0.2, -0.15) is 0 Å². The van der Waals surface area contributed by atoms with Crippen LogP contribution in [-0.2, 0) is 20.7 Å². The molecule has 1 aliphatic heterocycles. The maximum Gasteiger partial charge on any atom is 0.407 e. The van der Waals surface area contributed by atoms with Crippen molar-refractivity contribution in [1.82, 2.24) is 5.32 Å². The van der Waals surface area contributed by atoms with E-state index < -0.39 is 24.6 Å². The van der Waals surface area contributed by atoms with Crippen LogP contribution in [0.25, 0.3) is 11.1 Å². The van der Waals surface area contributed by atoms with Crippen molar-refractivity contribution < 1.29 is 33.6 Å². The van der Waals surface area contributed by atoms with E-state index in [-0.39, 0.29) is 18.9 Å². The quantitative estimate of drug-likeness (QED) is 0.500. The Morgan fingerprint density at radius 1 is 0.971 bits per heavy atom. The molecule has 2 N–H and O–H groups in total. The number of hydrogen-bond donors (Lipinski definition) is 2. The van der Waals surface area contributed by atoms with Gasteiger partial charge in [-0.3, -0.25) is 0 Å². The molecule has 1 unspecified atom stereocenters. The third kappa shape index (κ3) is 4.65. The topological polar surface area (TPSA) is 103 Å². The summed E-state index contributed by atoms with van der Waals surface area (Å²) in [6, 6.07) is 20.0. The van der Waals surface area contributed by atoms with Crippen molar-refractivity contribution in [3.8, 4) is 22.6 Å². The van der Waals surface area contributed by atoms with Gasteiger partial charge in [0.2, 0.25) is 0 Å². The van der Waals surface area contributed by atoms with Gasteiger partial charge < -0.3 is 29.4 Å². The molecule has 5 rings (SSSR count). The Labute approximate surface area is 202 Å². The highest BCUT2D eigenvalue weighted by Crippen LogP contribution is 2.44. The van der Waals surface area contributed by atoms with Crippen LogP contribution in [0.3, 0.4) is 0 Å². The predicted octanol–water partition coefficient (Wildman–Crippen LogP) is 4.31. The smallest absolute Gasteiger partial charge is 0.407 e. The zero-order valence-electron chi connectivity index (χ0n) is 19.1. The maximum atomic E-state index is 12.6. The molecule has 2 atom stereocenters. The minimum Gasteiger partial charge on any atom is -0.480 e. The number of fused-ring (bicyclic) bond motifs is 4. The monoisotopic (exact) mass is 475 g/mol. The molecule has 1 heterocycles. The van der Waals surface area contributed by atoms with Crippen molar-refractivity contribution in [3.05, 3.63) is 83.4 Å². The summed E-state index contributed by atoms with van der Waals surface area (Å²) >= 11 is 0. The second kappa shape index (κ2) is 9.68. The average Bonchev–Trinajstić information content (AvgIpc) is 3.40. The molecule has 8 heteroatoms. The van der Waals surface area contributed by atoms with E-state index in [0.717, 1.165) is 22.3 Å². The molecule has 0 aromatic heterocycles. The van der Waals surface area contributed by atoms with E-state index in [4.69, 9.17) is 18.9 Å². The molecule has 0 spiro atoms. The van der Waals surface area contributed by atoms with Crippen molar-refractivity contribution in [2.24, 2.45) is 0 Å². The number of aliphatic carboxylic acids is 1. The van der Waals surface area contributed by atoms with Crippen LogP contribution in [0.15, 0.2) is 66.7 Å². The normalized spacial score (nSPS) is 16.3. The van der Waals surface area contributed by atoms with E-state index in [0.29, 0.717) is 23.7 Å². The second-order valence-electron chi connectivity index (χ2n) is 8.33. The van der Waals surface area contributed by atoms with Crippen LogP contribution in [0.4, 0.5) is 4.79 Å². The predicted molar refractivity (Wildman–Crippen MR) is 126 cm³/mol. The van der Waals surface area contributed by atoms with E-state index in [2.05, 4.69) is 17.4 Å². The van der Waals surface area contributed by atoms with Gasteiger partial charge in [0.15, 0.2) is 11.5 Å². The Hall–Kier alpha value is -4.04. The molecule has 0 bridgehead atoms. The summed E-state index contributed by atoms with van der Waals surface area (Å²) in [4.78, 5) is 24.4. The Balaban J connectivity index is 1.22. The number of carbonyl (C=O) groups is 2. The first-order valence-electron chi connectivity index (χ1n) is 11.5. The van der Waals surface area contributed by atoms with E-state index in [1.165, 1.54) is 0 Å². The molecule has 0 fully saturated rings. The highest BCUT2D eigenvalue weighted by atomic mass is 16.9. The van der Waals surface area contributed by atoms with Gasteiger partial charge in [0, 0.05) is 12.3 Å². The lowest BCUT2D eigenvalue weighted by Crippen LogP contribution is -2.42. The lowest BCUT2D eigenvalue weighted by Gasteiger charge is -2.17. The van der Waals surface area contributed by atoms with Gasteiger partial charge in [-0.15, -0.1) is 0 Å². The number of carboxylic acids is 1. The van der Waals surface area contributed by atoms with Gasteiger partial charge in [-0.25, -0.2) is 9.59 Å². The largest absolute Gasteiger partial charge is 0.480 e. The van der Waals surface area contributed by atoms with Gasteiger partial charge in [-0.05, 0) is 46.9 Å². The molecule has 1 aliphatic carbocycles. The first kappa shape index (κ1) is 22.7. The third-order valence-corrected chi connectivity index (χ3v) is 6.13. The molecule has 0 saturated carbocycles. The number of amides is 1. The molecular formula is C27H25NO7. The summed E-state index contributed by atoms with van der Waals surface area (Å²) in [6.07, 6.45) is -0.730. The Morgan fingerprint density at radius 2 is 1.63 bits per heavy atom. The fourth-order valence-corrected chi connectivity index (χ4v) is 4.52. The van der Waals surface area contributed by atoms with E-state index in [1.807, 2.05) is 43.3 Å². The number of alkyl carbamates (subject to hydrolysis) is 1.